The molecule has 1 aromatic carbocycles. The Morgan fingerprint density at radius 1 is 1.39 bits per heavy atom. The van der Waals surface area contributed by atoms with Crippen LogP contribution in [0, 0.1) is 0 Å². The van der Waals surface area contributed by atoms with E-state index in [4.69, 9.17) is 14.6 Å². The van der Waals surface area contributed by atoms with Crippen LogP contribution in [-0.4, -0.2) is 24.3 Å². The summed E-state index contributed by atoms with van der Waals surface area (Å²) < 4.78 is 11.3. The lowest BCUT2D eigenvalue weighted by Crippen LogP contribution is -2.07. The normalized spacial score (nSPS) is 17.6. The number of carboxylic acid groups (broad SMARTS) is 1. The molecular weight excluding hydrogens is 232 g/mol. The van der Waals surface area contributed by atoms with Crippen LogP contribution >= 0.6 is 0 Å². The van der Waals surface area contributed by atoms with E-state index in [1.165, 1.54) is 0 Å². The zero-order chi connectivity index (χ0) is 12.7. The molecule has 0 aliphatic carbocycles. The van der Waals surface area contributed by atoms with Crippen LogP contribution in [0.2, 0.25) is 0 Å². The maximum atomic E-state index is 10.9. The maximum Gasteiger partial charge on any atom is 0.303 e. The van der Waals surface area contributed by atoms with Crippen molar-refractivity contribution >= 4 is 5.97 Å². The number of rotatable bonds is 3. The first-order valence-electron chi connectivity index (χ1n) is 6.33. The highest BCUT2D eigenvalue weighted by molar-refractivity contribution is 5.69. The molecule has 1 atom stereocenters. The molecule has 0 radical (unpaired) electrons. The highest BCUT2D eigenvalue weighted by atomic mass is 16.5. The van der Waals surface area contributed by atoms with Gasteiger partial charge in [-0.25, -0.2) is 0 Å². The van der Waals surface area contributed by atoms with Gasteiger partial charge in [-0.2, -0.15) is 0 Å². The minimum atomic E-state index is -0.772. The molecule has 0 fully saturated rings. The molecule has 3 rings (SSSR count). The maximum absolute atomic E-state index is 10.9. The zero-order valence-electron chi connectivity index (χ0n) is 10.4. The molecule has 0 saturated heterocycles. The van der Waals surface area contributed by atoms with Crippen LogP contribution in [0.25, 0.3) is 0 Å². The Labute approximate surface area is 106 Å². The van der Waals surface area contributed by atoms with E-state index in [-0.39, 0.29) is 12.3 Å². The molecule has 96 valence electrons. The Kier molecular flexibility index (Phi) is 2.65. The highest BCUT2D eigenvalue weighted by Crippen LogP contribution is 2.44. The monoisotopic (exact) mass is 248 g/mol. The summed E-state index contributed by atoms with van der Waals surface area (Å²) in [6.45, 7) is 3.32. The van der Waals surface area contributed by atoms with Crippen LogP contribution in [-0.2, 0) is 17.6 Å². The van der Waals surface area contributed by atoms with E-state index in [1.54, 1.807) is 0 Å². The van der Waals surface area contributed by atoms with Gasteiger partial charge in [-0.05, 0) is 12.0 Å². The fourth-order valence-electron chi connectivity index (χ4n) is 2.91. The summed E-state index contributed by atoms with van der Waals surface area (Å²) in [7, 11) is 0. The van der Waals surface area contributed by atoms with Crippen LogP contribution in [0.15, 0.2) is 6.07 Å². The molecule has 1 unspecified atom stereocenters. The first-order chi connectivity index (χ1) is 8.66. The molecule has 0 amide bonds. The lowest BCUT2D eigenvalue weighted by Gasteiger charge is -2.17. The van der Waals surface area contributed by atoms with Crippen LogP contribution in [0.5, 0.6) is 11.5 Å². The minimum absolute atomic E-state index is 0.0361. The summed E-state index contributed by atoms with van der Waals surface area (Å²) in [5, 5.41) is 8.97. The van der Waals surface area contributed by atoms with Crippen molar-refractivity contribution in [3.8, 4) is 11.5 Å². The Balaban J connectivity index is 2.09. The second-order valence-electron chi connectivity index (χ2n) is 4.95. The number of hydrogen-bond donors (Lipinski definition) is 1. The Morgan fingerprint density at radius 3 is 2.94 bits per heavy atom. The SMILES string of the molecule is CC(CC(=O)O)c1c2c(cc3c1OCC3)OCC2. The lowest BCUT2D eigenvalue weighted by atomic mass is 9.89. The van der Waals surface area contributed by atoms with Crippen molar-refractivity contribution in [1.82, 2.24) is 0 Å². The zero-order valence-corrected chi connectivity index (χ0v) is 10.4. The Morgan fingerprint density at radius 2 is 2.17 bits per heavy atom. The third-order valence-corrected chi connectivity index (χ3v) is 3.67. The van der Waals surface area contributed by atoms with Crippen molar-refractivity contribution in [1.29, 1.82) is 0 Å². The fraction of sp³-hybridized carbons (Fsp3) is 0.500. The number of ether oxygens (including phenoxy) is 2. The first-order valence-corrected chi connectivity index (χ1v) is 6.33. The molecular formula is C14H16O4. The van der Waals surface area contributed by atoms with E-state index in [9.17, 15) is 4.79 Å². The van der Waals surface area contributed by atoms with Gasteiger partial charge in [0.2, 0.25) is 0 Å². The summed E-state index contributed by atoms with van der Waals surface area (Å²) >= 11 is 0. The number of carbonyl (C=O) groups is 1. The summed E-state index contributed by atoms with van der Waals surface area (Å²) in [5.41, 5.74) is 3.35. The van der Waals surface area contributed by atoms with Gasteiger partial charge in [0.15, 0.2) is 0 Å². The van der Waals surface area contributed by atoms with Gasteiger partial charge in [0, 0.05) is 29.5 Å². The van der Waals surface area contributed by atoms with Gasteiger partial charge < -0.3 is 14.6 Å². The standard InChI is InChI=1S/C14H16O4/c1-8(6-12(15)16)13-10-3-5-17-11(10)7-9-2-4-18-14(9)13/h7-8H,2-6H2,1H3,(H,15,16). The predicted octanol–water partition coefficient (Wildman–Crippen LogP) is 2.13. The fourth-order valence-corrected chi connectivity index (χ4v) is 2.91. The number of carboxylic acids is 1. The molecule has 1 aromatic rings. The lowest BCUT2D eigenvalue weighted by molar-refractivity contribution is -0.137. The van der Waals surface area contributed by atoms with E-state index in [0.29, 0.717) is 13.2 Å². The van der Waals surface area contributed by atoms with E-state index in [2.05, 4.69) is 6.07 Å². The second-order valence-corrected chi connectivity index (χ2v) is 4.95. The third kappa shape index (κ3) is 1.72. The average molecular weight is 248 g/mol. The number of benzene rings is 1. The molecule has 4 nitrogen and oxygen atoms in total. The molecule has 0 aromatic heterocycles. The topological polar surface area (TPSA) is 55.8 Å². The quantitative estimate of drug-likeness (QED) is 0.890. The van der Waals surface area contributed by atoms with E-state index in [0.717, 1.165) is 41.0 Å². The van der Waals surface area contributed by atoms with E-state index in [1.807, 2.05) is 6.92 Å². The van der Waals surface area contributed by atoms with Crippen LogP contribution in [0.1, 0.15) is 36.0 Å². The molecule has 18 heavy (non-hydrogen) atoms. The van der Waals surface area contributed by atoms with Gasteiger partial charge in [0.1, 0.15) is 11.5 Å². The molecule has 2 aliphatic heterocycles. The van der Waals surface area contributed by atoms with Crippen molar-refractivity contribution in [3.63, 3.8) is 0 Å². The van der Waals surface area contributed by atoms with E-state index >= 15 is 0 Å². The Hall–Kier alpha value is -1.71. The third-order valence-electron chi connectivity index (χ3n) is 3.67. The van der Waals surface area contributed by atoms with E-state index < -0.39 is 5.97 Å². The minimum Gasteiger partial charge on any atom is -0.493 e. The summed E-state index contributed by atoms with van der Waals surface area (Å²) in [6, 6.07) is 2.06. The summed E-state index contributed by atoms with van der Waals surface area (Å²) in [4.78, 5) is 10.9. The van der Waals surface area contributed by atoms with Gasteiger partial charge in [-0.3, -0.25) is 4.79 Å². The van der Waals surface area contributed by atoms with Gasteiger partial charge in [-0.1, -0.05) is 6.92 Å². The highest BCUT2D eigenvalue weighted by Gasteiger charge is 2.29. The van der Waals surface area contributed by atoms with Gasteiger partial charge in [0.25, 0.3) is 0 Å². The van der Waals surface area contributed by atoms with Crippen molar-refractivity contribution in [2.24, 2.45) is 0 Å². The van der Waals surface area contributed by atoms with Crippen LogP contribution in [0.3, 0.4) is 0 Å². The Bertz CT molecular complexity index is 475. The predicted molar refractivity (Wildman–Crippen MR) is 65.5 cm³/mol. The van der Waals surface area contributed by atoms with Crippen molar-refractivity contribution in [3.05, 3.63) is 22.8 Å². The second kappa shape index (κ2) is 4.19. The van der Waals surface area contributed by atoms with Crippen molar-refractivity contribution in [2.45, 2.75) is 32.1 Å². The average Bonchev–Trinajstić information content (AvgIpc) is 2.91. The molecule has 2 heterocycles. The van der Waals surface area contributed by atoms with Crippen molar-refractivity contribution in [2.75, 3.05) is 13.2 Å². The summed E-state index contributed by atoms with van der Waals surface area (Å²) in [5.74, 6) is 1.02. The van der Waals surface area contributed by atoms with Gasteiger partial charge in [-0.15, -0.1) is 0 Å². The largest absolute Gasteiger partial charge is 0.493 e. The first kappa shape index (κ1) is 11.4. The molecule has 1 N–H and O–H groups in total. The molecule has 0 saturated carbocycles. The molecule has 4 heteroatoms. The van der Waals surface area contributed by atoms with Crippen molar-refractivity contribution < 1.29 is 19.4 Å². The number of hydrogen-bond acceptors (Lipinski definition) is 3. The number of fused-ring (bicyclic) bond motifs is 2. The van der Waals surface area contributed by atoms with Gasteiger partial charge >= 0.3 is 5.97 Å². The smallest absolute Gasteiger partial charge is 0.303 e. The van der Waals surface area contributed by atoms with Crippen LogP contribution in [0.4, 0.5) is 0 Å². The van der Waals surface area contributed by atoms with Gasteiger partial charge in [0.05, 0.1) is 19.6 Å². The molecule has 0 bridgehead atoms. The summed E-state index contributed by atoms with van der Waals surface area (Å²) in [6.07, 6.45) is 1.87. The number of aliphatic carboxylic acids is 1. The molecule has 0 spiro atoms. The molecule has 2 aliphatic rings. The van der Waals surface area contributed by atoms with Crippen LogP contribution < -0.4 is 9.47 Å².